The quantitative estimate of drug-likeness (QED) is 0.923. The van der Waals surface area contributed by atoms with Crippen LogP contribution in [0.1, 0.15) is 23.6 Å². The number of rotatable bonds is 4. The maximum absolute atomic E-state index is 4.39. The maximum atomic E-state index is 4.39. The molecule has 3 rings (SSSR count). The Morgan fingerprint density at radius 1 is 1.25 bits per heavy atom. The summed E-state index contributed by atoms with van der Waals surface area (Å²) < 4.78 is 0. The Kier molecular flexibility index (Phi) is 3.97. The Labute approximate surface area is 120 Å². The van der Waals surface area contributed by atoms with E-state index in [9.17, 15) is 0 Å². The number of hydrogen-bond acceptors (Lipinski definition) is 3. The molecular weight excluding hydrogens is 246 g/mol. The highest BCUT2D eigenvalue weighted by Gasteiger charge is 2.23. The zero-order valence-electron chi connectivity index (χ0n) is 11.9. The van der Waals surface area contributed by atoms with E-state index in [-0.39, 0.29) is 0 Å². The standard InChI is InChI=1S/C17H21N3/c1-18-12-16-11-17(7-9-19-16)20-10-8-15(13-20)14-5-3-2-4-6-14/h2-7,9,11,15,18H,8,10,12-13H2,1H3. The van der Waals surface area contributed by atoms with E-state index >= 15 is 0 Å². The smallest absolute Gasteiger partial charge is 0.0562 e. The zero-order chi connectivity index (χ0) is 13.8. The number of nitrogens with zero attached hydrogens (tertiary/aromatic N) is 2. The molecule has 1 fully saturated rings. The average molecular weight is 267 g/mol. The van der Waals surface area contributed by atoms with Crippen molar-refractivity contribution in [3.05, 3.63) is 59.9 Å². The minimum absolute atomic E-state index is 0.650. The molecule has 0 saturated carbocycles. The Balaban J connectivity index is 1.72. The maximum Gasteiger partial charge on any atom is 0.0562 e. The molecule has 3 heteroatoms. The van der Waals surface area contributed by atoms with Gasteiger partial charge in [0, 0.05) is 37.4 Å². The molecule has 0 amide bonds. The second-order valence-corrected chi connectivity index (χ2v) is 5.38. The summed E-state index contributed by atoms with van der Waals surface area (Å²) in [6, 6.07) is 15.2. The monoisotopic (exact) mass is 267 g/mol. The molecular formula is C17H21N3. The van der Waals surface area contributed by atoms with Crippen LogP contribution in [0.4, 0.5) is 5.69 Å². The minimum atomic E-state index is 0.650. The lowest BCUT2D eigenvalue weighted by Gasteiger charge is -2.19. The Hall–Kier alpha value is -1.87. The molecule has 2 aromatic rings. The average Bonchev–Trinajstić information content (AvgIpc) is 2.99. The van der Waals surface area contributed by atoms with E-state index < -0.39 is 0 Å². The second kappa shape index (κ2) is 6.06. The molecule has 0 aliphatic carbocycles. The zero-order valence-corrected chi connectivity index (χ0v) is 11.9. The summed E-state index contributed by atoms with van der Waals surface area (Å²) >= 11 is 0. The van der Waals surface area contributed by atoms with Gasteiger partial charge in [0.15, 0.2) is 0 Å². The van der Waals surface area contributed by atoms with Crippen LogP contribution in [0.3, 0.4) is 0 Å². The fraction of sp³-hybridized carbons (Fsp3) is 0.353. The minimum Gasteiger partial charge on any atom is -0.371 e. The van der Waals surface area contributed by atoms with Crippen LogP contribution in [0, 0.1) is 0 Å². The van der Waals surface area contributed by atoms with E-state index in [1.165, 1.54) is 17.7 Å². The third kappa shape index (κ3) is 2.83. The van der Waals surface area contributed by atoms with Crippen LogP contribution in [0.2, 0.25) is 0 Å². The molecule has 1 aromatic heterocycles. The second-order valence-electron chi connectivity index (χ2n) is 5.38. The normalized spacial score (nSPS) is 18.4. The summed E-state index contributed by atoms with van der Waals surface area (Å²) in [5, 5.41) is 3.16. The summed E-state index contributed by atoms with van der Waals surface area (Å²) in [4.78, 5) is 6.86. The van der Waals surface area contributed by atoms with Crippen LogP contribution in [0.15, 0.2) is 48.7 Å². The number of pyridine rings is 1. The molecule has 20 heavy (non-hydrogen) atoms. The van der Waals surface area contributed by atoms with Crippen molar-refractivity contribution in [1.29, 1.82) is 0 Å². The van der Waals surface area contributed by atoms with Gasteiger partial charge in [0.1, 0.15) is 0 Å². The molecule has 1 saturated heterocycles. The van der Waals surface area contributed by atoms with Gasteiger partial charge < -0.3 is 10.2 Å². The van der Waals surface area contributed by atoms with Crippen LogP contribution < -0.4 is 10.2 Å². The van der Waals surface area contributed by atoms with E-state index in [0.717, 1.165) is 25.3 Å². The highest BCUT2D eigenvalue weighted by molar-refractivity contribution is 5.48. The molecule has 1 atom stereocenters. The molecule has 1 unspecified atom stereocenters. The summed E-state index contributed by atoms with van der Waals surface area (Å²) in [7, 11) is 1.95. The first-order valence-electron chi connectivity index (χ1n) is 7.26. The van der Waals surface area contributed by atoms with Crippen LogP contribution in [0.25, 0.3) is 0 Å². The van der Waals surface area contributed by atoms with Crippen molar-refractivity contribution in [2.24, 2.45) is 0 Å². The van der Waals surface area contributed by atoms with E-state index in [1.54, 1.807) is 0 Å². The van der Waals surface area contributed by atoms with Gasteiger partial charge in [0.25, 0.3) is 0 Å². The summed E-state index contributed by atoms with van der Waals surface area (Å²) in [6.07, 6.45) is 3.14. The van der Waals surface area contributed by atoms with Crippen LogP contribution in [-0.2, 0) is 6.54 Å². The topological polar surface area (TPSA) is 28.2 Å². The third-order valence-electron chi connectivity index (χ3n) is 3.98. The fourth-order valence-corrected chi connectivity index (χ4v) is 2.93. The van der Waals surface area contributed by atoms with Gasteiger partial charge in [-0.2, -0.15) is 0 Å². The van der Waals surface area contributed by atoms with Gasteiger partial charge in [-0.3, -0.25) is 4.98 Å². The highest BCUT2D eigenvalue weighted by Crippen LogP contribution is 2.30. The van der Waals surface area contributed by atoms with E-state index in [4.69, 9.17) is 0 Å². The first-order valence-corrected chi connectivity index (χ1v) is 7.26. The van der Waals surface area contributed by atoms with Gasteiger partial charge >= 0.3 is 0 Å². The molecule has 104 valence electrons. The molecule has 1 aromatic carbocycles. The number of hydrogen-bond donors (Lipinski definition) is 1. The highest BCUT2D eigenvalue weighted by atomic mass is 15.2. The molecule has 1 N–H and O–H groups in total. The molecule has 1 aliphatic heterocycles. The SMILES string of the molecule is CNCc1cc(N2CCC(c3ccccc3)C2)ccn1. The summed E-state index contributed by atoms with van der Waals surface area (Å²) in [5.74, 6) is 0.650. The summed E-state index contributed by atoms with van der Waals surface area (Å²) in [6.45, 7) is 3.05. The molecule has 0 radical (unpaired) electrons. The van der Waals surface area contributed by atoms with Gasteiger partial charge in [0.05, 0.1) is 5.69 Å². The Morgan fingerprint density at radius 2 is 2.10 bits per heavy atom. The van der Waals surface area contributed by atoms with Gasteiger partial charge in [-0.05, 0) is 31.2 Å². The van der Waals surface area contributed by atoms with Crippen molar-refractivity contribution in [2.75, 3.05) is 25.0 Å². The lowest BCUT2D eigenvalue weighted by Crippen LogP contribution is -2.19. The lowest BCUT2D eigenvalue weighted by molar-refractivity contribution is 0.774. The van der Waals surface area contributed by atoms with E-state index in [1.807, 2.05) is 13.2 Å². The Bertz CT molecular complexity index is 553. The molecule has 0 spiro atoms. The number of benzene rings is 1. The molecule has 1 aliphatic rings. The largest absolute Gasteiger partial charge is 0.371 e. The van der Waals surface area contributed by atoms with Gasteiger partial charge in [-0.1, -0.05) is 30.3 Å². The predicted molar refractivity (Wildman–Crippen MR) is 83.0 cm³/mol. The van der Waals surface area contributed by atoms with E-state index in [2.05, 4.69) is 57.7 Å². The number of nitrogens with one attached hydrogen (secondary N) is 1. The van der Waals surface area contributed by atoms with Crippen LogP contribution in [-0.4, -0.2) is 25.1 Å². The third-order valence-corrected chi connectivity index (χ3v) is 3.98. The fourth-order valence-electron chi connectivity index (χ4n) is 2.93. The van der Waals surface area contributed by atoms with Gasteiger partial charge in [-0.25, -0.2) is 0 Å². The van der Waals surface area contributed by atoms with Crippen molar-refractivity contribution in [3.63, 3.8) is 0 Å². The van der Waals surface area contributed by atoms with Crippen molar-refractivity contribution in [2.45, 2.75) is 18.9 Å². The van der Waals surface area contributed by atoms with Crippen LogP contribution in [0.5, 0.6) is 0 Å². The van der Waals surface area contributed by atoms with Gasteiger partial charge in [0.2, 0.25) is 0 Å². The van der Waals surface area contributed by atoms with Gasteiger partial charge in [-0.15, -0.1) is 0 Å². The van der Waals surface area contributed by atoms with Crippen LogP contribution >= 0.6 is 0 Å². The van der Waals surface area contributed by atoms with Crippen molar-refractivity contribution in [3.8, 4) is 0 Å². The molecule has 2 heterocycles. The van der Waals surface area contributed by atoms with Crippen molar-refractivity contribution >= 4 is 5.69 Å². The first-order chi connectivity index (χ1) is 9.86. The molecule has 3 nitrogen and oxygen atoms in total. The summed E-state index contributed by atoms with van der Waals surface area (Å²) in [5.41, 5.74) is 3.86. The number of aromatic nitrogens is 1. The van der Waals surface area contributed by atoms with Crippen molar-refractivity contribution < 1.29 is 0 Å². The lowest BCUT2D eigenvalue weighted by atomic mass is 9.99. The first kappa shape index (κ1) is 13.1. The van der Waals surface area contributed by atoms with Crippen molar-refractivity contribution in [1.82, 2.24) is 10.3 Å². The molecule has 0 bridgehead atoms. The van der Waals surface area contributed by atoms with E-state index in [0.29, 0.717) is 5.92 Å². The number of anilines is 1. The predicted octanol–water partition coefficient (Wildman–Crippen LogP) is 2.79. The Morgan fingerprint density at radius 3 is 2.90 bits per heavy atom.